The highest BCUT2D eigenvalue weighted by Crippen LogP contribution is 2.32. The lowest BCUT2D eigenvalue weighted by Gasteiger charge is -2.11. The van der Waals surface area contributed by atoms with E-state index in [2.05, 4.69) is 11.9 Å². The summed E-state index contributed by atoms with van der Waals surface area (Å²) in [6.07, 6.45) is 15.9. The summed E-state index contributed by atoms with van der Waals surface area (Å²) in [4.78, 5) is 3.68. The van der Waals surface area contributed by atoms with E-state index in [-0.39, 0.29) is 12.3 Å². The van der Waals surface area contributed by atoms with Crippen LogP contribution in [-0.2, 0) is 20.0 Å². The van der Waals surface area contributed by atoms with E-state index >= 15 is 0 Å². The van der Waals surface area contributed by atoms with Crippen LogP contribution in [0.1, 0.15) is 103 Å². The average Bonchev–Trinajstić information content (AvgIpc) is 3.12. The van der Waals surface area contributed by atoms with Crippen LogP contribution in [0, 0.1) is 0 Å². The molecule has 0 aromatic rings. The summed E-state index contributed by atoms with van der Waals surface area (Å²) in [6.45, 7) is 2.19. The molecule has 0 unspecified atom stereocenters. The molecule has 1 aliphatic heterocycles. The van der Waals surface area contributed by atoms with Crippen molar-refractivity contribution in [1.29, 1.82) is 0 Å². The Morgan fingerprint density at radius 3 is 1.41 bits per heavy atom. The van der Waals surface area contributed by atoms with Crippen molar-refractivity contribution in [2.24, 2.45) is 4.99 Å². The molecule has 0 aromatic carbocycles. The van der Waals surface area contributed by atoms with Gasteiger partial charge in [0.2, 0.25) is 0 Å². The van der Waals surface area contributed by atoms with Gasteiger partial charge >= 0.3 is 42.7 Å². The van der Waals surface area contributed by atoms with E-state index in [0.717, 1.165) is 39.2 Å². The summed E-state index contributed by atoms with van der Waals surface area (Å²) in [5, 5.41) is 0. The van der Waals surface area contributed by atoms with Gasteiger partial charge in [0.1, 0.15) is 7.05 Å². The topological polar surface area (TPSA) is 86.7 Å². The minimum atomic E-state index is -6.93. The van der Waals surface area contributed by atoms with Gasteiger partial charge in [-0.1, -0.05) is 90.4 Å². The molecule has 15 heteroatoms. The molecule has 0 atom stereocenters. The molecule has 0 saturated carbocycles. The number of halogens is 6. The number of hydrogen-bond acceptors (Lipinski definition) is 5. The van der Waals surface area contributed by atoms with Gasteiger partial charge in [0, 0.05) is 8.38 Å². The van der Waals surface area contributed by atoms with E-state index < -0.39 is 40.3 Å². The first kappa shape index (κ1) is 33.5. The molecule has 1 rings (SSSR count). The maximum atomic E-state index is 13.0. The van der Waals surface area contributed by atoms with Crippen molar-refractivity contribution in [1.82, 2.24) is 0 Å². The molecule has 1 heterocycles. The Kier molecular flexibility index (Phi) is 13.2. The SMILES string of the molecule is CCCCCCCCCCCCCCCCC1=[N+](C)C(=[N+](S(=O)(=O)C(F)(F)F)S(=O)(=O)C(F)(F)F)C=N1. The molecule has 1 aliphatic rings. The summed E-state index contributed by atoms with van der Waals surface area (Å²) in [5.74, 6) is -1.40. The van der Waals surface area contributed by atoms with Crippen LogP contribution in [-0.4, -0.2) is 60.7 Å². The van der Waals surface area contributed by atoms with Gasteiger partial charge in [-0.2, -0.15) is 47.8 Å². The minimum Gasteiger partial charge on any atom is -0.166 e. The Labute approximate surface area is 215 Å². The first-order chi connectivity index (χ1) is 17.1. The standard InChI is InChI=1S/C22H37F6N3O4S2/c1-3-4-5-6-7-8-9-10-11-12-13-14-15-16-17-19-29-18-20(30(19)2)31(36(32,33)21(23,24)25)37(34,35)22(26,27)28/h18H,3-17H2,1-2H3/q+2. The van der Waals surface area contributed by atoms with Crippen molar-refractivity contribution in [3.8, 4) is 0 Å². The second-order valence-corrected chi connectivity index (χ2v) is 12.8. The van der Waals surface area contributed by atoms with Gasteiger partial charge in [-0.15, -0.1) is 0 Å². The fraction of sp³-hybridized carbons (Fsp3) is 0.864. The molecule has 0 bridgehead atoms. The Balaban J connectivity index is 2.65. The van der Waals surface area contributed by atoms with Gasteiger partial charge in [-0.05, 0) is 6.42 Å². The lowest BCUT2D eigenvalue weighted by atomic mass is 10.0. The van der Waals surface area contributed by atoms with Crippen LogP contribution in [0.5, 0.6) is 0 Å². The largest absolute Gasteiger partial charge is 0.546 e. The third kappa shape index (κ3) is 9.63. The van der Waals surface area contributed by atoms with Crippen molar-refractivity contribution in [3.05, 3.63) is 0 Å². The van der Waals surface area contributed by atoms with E-state index in [1.54, 1.807) is 0 Å². The summed E-state index contributed by atoms with van der Waals surface area (Å²) in [5.41, 5.74) is -12.6. The summed E-state index contributed by atoms with van der Waals surface area (Å²) >= 11 is 0. The molecule has 37 heavy (non-hydrogen) atoms. The smallest absolute Gasteiger partial charge is 0.166 e. The number of hydrogen-bond donors (Lipinski definition) is 0. The van der Waals surface area contributed by atoms with Crippen LogP contribution in [0.2, 0.25) is 0 Å². The maximum absolute atomic E-state index is 13.0. The molecular weight excluding hydrogens is 548 g/mol. The lowest BCUT2D eigenvalue weighted by Crippen LogP contribution is -2.48. The number of amidine groups is 2. The molecule has 0 N–H and O–H groups in total. The number of rotatable bonds is 17. The number of sulfonamides is 2. The van der Waals surface area contributed by atoms with Gasteiger partial charge < -0.3 is 0 Å². The predicted molar refractivity (Wildman–Crippen MR) is 130 cm³/mol. The number of alkyl halides is 6. The predicted octanol–water partition coefficient (Wildman–Crippen LogP) is 6.09. The molecular formula is C22H37F6N3O4S2+2. The van der Waals surface area contributed by atoms with Crippen LogP contribution in [0.3, 0.4) is 0 Å². The van der Waals surface area contributed by atoms with Gasteiger partial charge in [0.15, 0.2) is 0 Å². The fourth-order valence-corrected chi connectivity index (χ4v) is 6.63. The van der Waals surface area contributed by atoms with Crippen LogP contribution >= 0.6 is 0 Å². The molecule has 0 saturated heterocycles. The van der Waals surface area contributed by atoms with Crippen molar-refractivity contribution in [3.63, 3.8) is 0 Å². The normalized spacial score (nSPS) is 15.2. The fourth-order valence-electron chi connectivity index (χ4n) is 3.88. The van der Waals surface area contributed by atoms with Crippen molar-refractivity contribution in [2.75, 3.05) is 7.05 Å². The van der Waals surface area contributed by atoms with Gasteiger partial charge in [-0.3, -0.25) is 0 Å². The molecule has 216 valence electrons. The van der Waals surface area contributed by atoms with Crippen LogP contribution in [0.25, 0.3) is 0 Å². The Morgan fingerprint density at radius 2 is 1.05 bits per heavy atom. The molecule has 0 aromatic heterocycles. The minimum absolute atomic E-state index is 0.0336. The van der Waals surface area contributed by atoms with Gasteiger partial charge in [0.05, 0.1) is 6.42 Å². The van der Waals surface area contributed by atoms with E-state index in [9.17, 15) is 43.2 Å². The monoisotopic (exact) mass is 585 g/mol. The quantitative estimate of drug-likeness (QED) is 0.117. The number of aliphatic imine (C=N–C) groups is 1. The van der Waals surface area contributed by atoms with Crippen LogP contribution in [0.4, 0.5) is 26.3 Å². The zero-order valence-corrected chi connectivity index (χ0v) is 22.9. The number of nitrogens with zero attached hydrogens (tertiary/aromatic N) is 3. The van der Waals surface area contributed by atoms with Crippen molar-refractivity contribution >= 4 is 37.9 Å². The highest BCUT2D eigenvalue weighted by molar-refractivity contribution is 7.98. The first-order valence-electron chi connectivity index (χ1n) is 12.5. The lowest BCUT2D eigenvalue weighted by molar-refractivity contribution is -0.419. The summed E-state index contributed by atoms with van der Waals surface area (Å²) in [7, 11) is -12.9. The first-order valence-corrected chi connectivity index (χ1v) is 15.4. The highest BCUT2D eigenvalue weighted by atomic mass is 32.3. The number of unbranched alkanes of at least 4 members (excludes halogenated alkanes) is 13. The summed E-state index contributed by atoms with van der Waals surface area (Å²) in [6, 6.07) is 0. The van der Waals surface area contributed by atoms with E-state index in [1.165, 1.54) is 51.4 Å². The third-order valence-corrected chi connectivity index (χ3v) is 9.62. The van der Waals surface area contributed by atoms with Crippen molar-refractivity contribution in [2.45, 2.75) is 114 Å². The third-order valence-electron chi connectivity index (χ3n) is 6.02. The molecule has 7 nitrogen and oxygen atoms in total. The molecule has 0 aliphatic carbocycles. The van der Waals surface area contributed by atoms with Crippen molar-refractivity contribution < 1.29 is 51.1 Å². The molecule has 0 fully saturated rings. The Bertz CT molecular complexity index is 1000. The zero-order chi connectivity index (χ0) is 28.3. The van der Waals surface area contributed by atoms with E-state index in [0.29, 0.717) is 17.2 Å². The average molecular weight is 586 g/mol. The zero-order valence-electron chi connectivity index (χ0n) is 21.2. The maximum Gasteiger partial charge on any atom is 0.546 e. The molecule has 0 spiro atoms. The molecule has 0 radical (unpaired) electrons. The van der Waals surface area contributed by atoms with E-state index in [4.69, 9.17) is 0 Å². The van der Waals surface area contributed by atoms with Gasteiger partial charge in [-0.25, -0.2) is 0 Å². The Morgan fingerprint density at radius 1 is 0.703 bits per heavy atom. The Hall–Kier alpha value is -1.51. The second kappa shape index (κ2) is 14.6. The van der Waals surface area contributed by atoms with Gasteiger partial charge in [0.25, 0.3) is 6.21 Å². The van der Waals surface area contributed by atoms with E-state index in [1.807, 2.05) is 0 Å². The summed E-state index contributed by atoms with van der Waals surface area (Å²) < 4.78 is 124. The second-order valence-electron chi connectivity index (χ2n) is 9.04. The highest BCUT2D eigenvalue weighted by Gasteiger charge is 2.67. The molecule has 0 amide bonds. The van der Waals surface area contributed by atoms with Crippen LogP contribution < -0.4 is 0 Å². The van der Waals surface area contributed by atoms with Crippen LogP contribution in [0.15, 0.2) is 4.99 Å².